The topological polar surface area (TPSA) is 44.4 Å². The van der Waals surface area contributed by atoms with E-state index in [1.54, 1.807) is 0 Å². The summed E-state index contributed by atoms with van der Waals surface area (Å²) >= 11 is 0. The molecule has 0 radical (unpaired) electrons. The molecule has 5 nitrogen and oxygen atoms in total. The Bertz CT molecular complexity index is 617. The average molecular weight is 316 g/mol. The SMILES string of the molecule is CCCOCCN1CCN(Cc2nc3ccc(C)cc3[nH]2)CC1. The third-order valence-electron chi connectivity index (χ3n) is 4.43. The lowest BCUT2D eigenvalue weighted by Gasteiger charge is -2.34. The number of nitrogens with one attached hydrogen (secondary N) is 1. The van der Waals surface area contributed by atoms with Gasteiger partial charge in [0, 0.05) is 39.3 Å². The number of H-pyrrole nitrogens is 1. The molecule has 23 heavy (non-hydrogen) atoms. The number of hydrogen-bond donors (Lipinski definition) is 1. The minimum Gasteiger partial charge on any atom is -0.380 e. The summed E-state index contributed by atoms with van der Waals surface area (Å²) in [5, 5.41) is 0. The third-order valence-corrected chi connectivity index (χ3v) is 4.43. The molecule has 0 saturated carbocycles. The molecular weight excluding hydrogens is 288 g/mol. The second kappa shape index (κ2) is 7.90. The van der Waals surface area contributed by atoms with E-state index in [1.165, 1.54) is 5.56 Å². The molecule has 0 bridgehead atoms. The number of aryl methyl sites for hydroxylation is 1. The van der Waals surface area contributed by atoms with Gasteiger partial charge in [0.1, 0.15) is 5.82 Å². The van der Waals surface area contributed by atoms with Crippen LogP contribution in [0.2, 0.25) is 0 Å². The molecule has 0 atom stereocenters. The molecule has 1 aromatic heterocycles. The molecule has 0 spiro atoms. The summed E-state index contributed by atoms with van der Waals surface area (Å²) in [5.74, 6) is 1.07. The van der Waals surface area contributed by atoms with Gasteiger partial charge in [-0.15, -0.1) is 0 Å². The second-order valence-electron chi connectivity index (χ2n) is 6.43. The van der Waals surface area contributed by atoms with Crippen molar-refractivity contribution in [2.45, 2.75) is 26.8 Å². The molecule has 1 aromatic carbocycles. The summed E-state index contributed by atoms with van der Waals surface area (Å²) in [6, 6.07) is 6.38. The second-order valence-corrected chi connectivity index (χ2v) is 6.43. The zero-order valence-corrected chi connectivity index (χ0v) is 14.3. The molecule has 0 unspecified atom stereocenters. The number of aromatic nitrogens is 2. The Morgan fingerprint density at radius 1 is 1.13 bits per heavy atom. The van der Waals surface area contributed by atoms with Gasteiger partial charge in [-0.3, -0.25) is 9.80 Å². The highest BCUT2D eigenvalue weighted by molar-refractivity contribution is 5.75. The molecular formula is C18H28N4O. The van der Waals surface area contributed by atoms with Crippen molar-refractivity contribution < 1.29 is 4.74 Å². The first-order chi connectivity index (χ1) is 11.2. The van der Waals surface area contributed by atoms with Crippen LogP contribution in [0.25, 0.3) is 11.0 Å². The Labute approximate surface area is 138 Å². The van der Waals surface area contributed by atoms with Gasteiger partial charge in [0.25, 0.3) is 0 Å². The van der Waals surface area contributed by atoms with Crippen molar-refractivity contribution in [1.29, 1.82) is 0 Å². The van der Waals surface area contributed by atoms with Crippen LogP contribution in [-0.2, 0) is 11.3 Å². The summed E-state index contributed by atoms with van der Waals surface area (Å²) in [4.78, 5) is 13.1. The van der Waals surface area contributed by atoms with E-state index in [-0.39, 0.29) is 0 Å². The molecule has 2 aromatic rings. The fraction of sp³-hybridized carbons (Fsp3) is 0.611. The van der Waals surface area contributed by atoms with E-state index in [2.05, 4.69) is 46.8 Å². The normalized spacial score (nSPS) is 17.1. The van der Waals surface area contributed by atoms with Crippen molar-refractivity contribution in [3.05, 3.63) is 29.6 Å². The number of fused-ring (bicyclic) bond motifs is 1. The number of aromatic amines is 1. The maximum absolute atomic E-state index is 5.58. The molecule has 1 saturated heterocycles. The summed E-state index contributed by atoms with van der Waals surface area (Å²) in [5.41, 5.74) is 3.48. The molecule has 126 valence electrons. The highest BCUT2D eigenvalue weighted by Crippen LogP contribution is 2.15. The van der Waals surface area contributed by atoms with Crippen molar-refractivity contribution in [3.63, 3.8) is 0 Å². The highest BCUT2D eigenvalue weighted by Gasteiger charge is 2.17. The van der Waals surface area contributed by atoms with E-state index in [0.29, 0.717) is 0 Å². The molecule has 5 heteroatoms. The van der Waals surface area contributed by atoms with Gasteiger partial charge in [0.2, 0.25) is 0 Å². The van der Waals surface area contributed by atoms with Crippen molar-refractivity contribution in [2.24, 2.45) is 0 Å². The van der Waals surface area contributed by atoms with Crippen LogP contribution in [0.5, 0.6) is 0 Å². The van der Waals surface area contributed by atoms with Crippen molar-refractivity contribution >= 4 is 11.0 Å². The first kappa shape index (κ1) is 16.4. The first-order valence-corrected chi connectivity index (χ1v) is 8.72. The van der Waals surface area contributed by atoms with Crippen molar-refractivity contribution in [1.82, 2.24) is 19.8 Å². The average Bonchev–Trinajstić information content (AvgIpc) is 2.94. The number of nitrogens with zero attached hydrogens (tertiary/aromatic N) is 3. The van der Waals surface area contributed by atoms with Crippen LogP contribution in [0.15, 0.2) is 18.2 Å². The number of ether oxygens (including phenoxy) is 1. The molecule has 1 fully saturated rings. The Balaban J connectivity index is 1.46. The standard InChI is InChI=1S/C18H28N4O/c1-3-11-23-12-10-21-6-8-22(9-7-21)14-18-19-16-5-4-15(2)13-17(16)20-18/h4-5,13H,3,6-12,14H2,1-2H3,(H,19,20). The number of rotatable bonds is 7. The lowest BCUT2D eigenvalue weighted by molar-refractivity contribution is 0.0731. The van der Waals surface area contributed by atoms with Crippen LogP contribution >= 0.6 is 0 Å². The van der Waals surface area contributed by atoms with Gasteiger partial charge in [0.15, 0.2) is 0 Å². The van der Waals surface area contributed by atoms with Gasteiger partial charge in [-0.2, -0.15) is 0 Å². The van der Waals surface area contributed by atoms with E-state index >= 15 is 0 Å². The fourth-order valence-electron chi connectivity index (χ4n) is 3.07. The van der Waals surface area contributed by atoms with Gasteiger partial charge in [-0.05, 0) is 31.0 Å². The van der Waals surface area contributed by atoms with Gasteiger partial charge in [0.05, 0.1) is 24.2 Å². The molecule has 1 aliphatic heterocycles. The van der Waals surface area contributed by atoms with Crippen LogP contribution in [0.3, 0.4) is 0 Å². The predicted octanol–water partition coefficient (Wildman–Crippen LogP) is 2.42. The summed E-state index contributed by atoms with van der Waals surface area (Å²) in [6.07, 6.45) is 1.10. The quantitative estimate of drug-likeness (QED) is 0.797. The highest BCUT2D eigenvalue weighted by atomic mass is 16.5. The summed E-state index contributed by atoms with van der Waals surface area (Å²) in [7, 11) is 0. The van der Waals surface area contributed by atoms with Crippen molar-refractivity contribution in [3.8, 4) is 0 Å². The van der Waals surface area contributed by atoms with Gasteiger partial charge >= 0.3 is 0 Å². The maximum Gasteiger partial charge on any atom is 0.121 e. The lowest BCUT2D eigenvalue weighted by atomic mass is 10.2. The third kappa shape index (κ3) is 4.53. The van der Waals surface area contributed by atoms with E-state index in [0.717, 1.165) is 75.8 Å². The monoisotopic (exact) mass is 316 g/mol. The fourth-order valence-corrected chi connectivity index (χ4v) is 3.07. The molecule has 3 rings (SSSR count). The number of imidazole rings is 1. The van der Waals surface area contributed by atoms with Gasteiger partial charge in [-0.25, -0.2) is 4.98 Å². The van der Waals surface area contributed by atoms with E-state index < -0.39 is 0 Å². The minimum atomic E-state index is 0.858. The zero-order valence-electron chi connectivity index (χ0n) is 14.3. The molecule has 1 N–H and O–H groups in total. The molecule has 2 heterocycles. The van der Waals surface area contributed by atoms with E-state index in [9.17, 15) is 0 Å². The van der Waals surface area contributed by atoms with Crippen LogP contribution in [0, 0.1) is 6.92 Å². The smallest absolute Gasteiger partial charge is 0.121 e. The maximum atomic E-state index is 5.58. The Morgan fingerprint density at radius 3 is 2.70 bits per heavy atom. The number of benzene rings is 1. The largest absolute Gasteiger partial charge is 0.380 e. The lowest BCUT2D eigenvalue weighted by Crippen LogP contribution is -2.46. The first-order valence-electron chi connectivity index (χ1n) is 8.72. The summed E-state index contributed by atoms with van der Waals surface area (Å²) < 4.78 is 5.58. The number of piperazine rings is 1. The summed E-state index contributed by atoms with van der Waals surface area (Å²) in [6.45, 7) is 12.4. The zero-order chi connectivity index (χ0) is 16.1. The number of hydrogen-bond acceptors (Lipinski definition) is 4. The van der Waals surface area contributed by atoms with E-state index in [4.69, 9.17) is 9.72 Å². The Kier molecular flexibility index (Phi) is 5.65. The van der Waals surface area contributed by atoms with Crippen LogP contribution in [0.4, 0.5) is 0 Å². The molecule has 0 aliphatic carbocycles. The predicted molar refractivity (Wildman–Crippen MR) is 93.7 cm³/mol. The van der Waals surface area contributed by atoms with E-state index in [1.807, 2.05) is 0 Å². The van der Waals surface area contributed by atoms with Gasteiger partial charge in [-0.1, -0.05) is 13.0 Å². The Hall–Kier alpha value is -1.43. The van der Waals surface area contributed by atoms with Gasteiger partial charge < -0.3 is 9.72 Å². The molecule has 0 amide bonds. The van der Waals surface area contributed by atoms with Crippen LogP contribution < -0.4 is 0 Å². The van der Waals surface area contributed by atoms with Crippen LogP contribution in [-0.4, -0.2) is 65.7 Å². The molecule has 1 aliphatic rings. The minimum absolute atomic E-state index is 0.858. The van der Waals surface area contributed by atoms with Crippen LogP contribution in [0.1, 0.15) is 24.7 Å². The van der Waals surface area contributed by atoms with Crippen molar-refractivity contribution in [2.75, 3.05) is 45.9 Å². The Morgan fingerprint density at radius 2 is 1.91 bits per heavy atom.